The highest BCUT2D eigenvalue weighted by Crippen LogP contribution is 2.36. The fourth-order valence-electron chi connectivity index (χ4n) is 6.40. The maximum Gasteiger partial charge on any atom is 0.160 e. The predicted molar refractivity (Wildman–Crippen MR) is 156 cm³/mol. The molecule has 8 rings (SSSR count). The Morgan fingerprint density at radius 2 is 1.32 bits per heavy atom. The van der Waals surface area contributed by atoms with Crippen LogP contribution in [0.2, 0.25) is 0 Å². The quantitative estimate of drug-likeness (QED) is 0.286. The van der Waals surface area contributed by atoms with E-state index in [1.54, 1.807) is 0 Å². The van der Waals surface area contributed by atoms with Crippen LogP contribution in [0.25, 0.3) is 79.1 Å². The third-order valence-electron chi connectivity index (χ3n) is 7.92. The average molecular weight is 473 g/mol. The summed E-state index contributed by atoms with van der Waals surface area (Å²) in [7, 11) is 0. The molecule has 2 aliphatic rings. The van der Waals surface area contributed by atoms with Crippen molar-refractivity contribution in [2.45, 2.75) is 19.3 Å². The van der Waals surface area contributed by atoms with Gasteiger partial charge in [0.2, 0.25) is 0 Å². The Labute approximate surface area is 214 Å². The maximum atomic E-state index is 4.67. The molecule has 174 valence electrons. The van der Waals surface area contributed by atoms with Crippen LogP contribution in [0.1, 0.15) is 24.8 Å². The first-order chi connectivity index (χ1) is 18.4. The first-order valence-electron chi connectivity index (χ1n) is 13.1. The minimum absolute atomic E-state index is 0.791. The van der Waals surface area contributed by atoms with Crippen LogP contribution < -0.4 is 15.7 Å². The van der Waals surface area contributed by atoms with Gasteiger partial charge in [0, 0.05) is 18.0 Å². The highest BCUT2D eigenvalue weighted by Gasteiger charge is 2.18. The first kappa shape index (κ1) is 20.6. The van der Waals surface area contributed by atoms with E-state index in [1.807, 2.05) is 18.5 Å². The minimum Gasteiger partial charge on any atom is -0.237 e. The predicted octanol–water partition coefficient (Wildman–Crippen LogP) is 6.54. The van der Waals surface area contributed by atoms with Gasteiger partial charge in [-0.1, -0.05) is 78.9 Å². The number of aromatic nitrogens is 2. The van der Waals surface area contributed by atoms with E-state index in [0.717, 1.165) is 30.7 Å². The van der Waals surface area contributed by atoms with Gasteiger partial charge >= 0.3 is 0 Å². The molecular formula is C35H24N2. The maximum absolute atomic E-state index is 4.67. The molecule has 0 N–H and O–H groups in total. The van der Waals surface area contributed by atoms with Crippen molar-refractivity contribution in [3.05, 3.63) is 106 Å². The topological polar surface area (TPSA) is 25.8 Å². The lowest BCUT2D eigenvalue weighted by atomic mass is 9.86. The number of fused-ring (bicyclic) bond motifs is 2. The molecule has 0 radical (unpaired) electrons. The molecule has 0 spiro atoms. The third kappa shape index (κ3) is 3.06. The number of hydrogen-bond acceptors (Lipinski definition) is 2. The Bertz CT molecular complexity index is 2080. The van der Waals surface area contributed by atoms with Crippen LogP contribution in [-0.2, 0) is 0 Å². The summed E-state index contributed by atoms with van der Waals surface area (Å²) in [6, 6.07) is 24.6. The average Bonchev–Trinajstić information content (AvgIpc) is 3.18. The molecule has 0 aliphatic heterocycles. The Morgan fingerprint density at radius 3 is 2.11 bits per heavy atom. The highest BCUT2D eigenvalue weighted by molar-refractivity contribution is 6.16. The zero-order valence-electron chi connectivity index (χ0n) is 20.4. The van der Waals surface area contributed by atoms with Crippen molar-refractivity contribution in [1.82, 2.24) is 9.97 Å². The normalized spacial score (nSPS) is 14.2. The van der Waals surface area contributed by atoms with Gasteiger partial charge in [0.25, 0.3) is 0 Å². The van der Waals surface area contributed by atoms with Gasteiger partial charge in [-0.25, -0.2) is 9.97 Å². The summed E-state index contributed by atoms with van der Waals surface area (Å²) in [5, 5.41) is 11.7. The van der Waals surface area contributed by atoms with E-state index < -0.39 is 0 Å². The number of allylic oxidation sites excluding steroid dienone is 1. The number of benzene rings is 5. The van der Waals surface area contributed by atoms with Gasteiger partial charge in [0.15, 0.2) is 5.82 Å². The summed E-state index contributed by atoms with van der Waals surface area (Å²) in [5.74, 6) is 0.791. The molecule has 2 heteroatoms. The van der Waals surface area contributed by atoms with Gasteiger partial charge in [-0.3, -0.25) is 0 Å². The fourth-order valence-corrected chi connectivity index (χ4v) is 6.40. The van der Waals surface area contributed by atoms with Gasteiger partial charge in [-0.05, 0) is 102 Å². The van der Waals surface area contributed by atoms with E-state index in [4.69, 9.17) is 0 Å². The monoisotopic (exact) mass is 472 g/mol. The highest BCUT2D eigenvalue weighted by atomic mass is 14.9. The number of nitrogens with zero attached hydrogens (tertiary/aromatic N) is 2. The molecule has 2 aliphatic carbocycles. The molecule has 0 saturated carbocycles. The van der Waals surface area contributed by atoms with Crippen LogP contribution in [0.5, 0.6) is 0 Å². The van der Waals surface area contributed by atoms with Gasteiger partial charge in [-0.2, -0.15) is 0 Å². The summed E-state index contributed by atoms with van der Waals surface area (Å²) in [5.41, 5.74) is 5.03. The summed E-state index contributed by atoms with van der Waals surface area (Å²) >= 11 is 0. The number of hydrogen-bond donors (Lipinski definition) is 0. The van der Waals surface area contributed by atoms with E-state index in [0.29, 0.717) is 0 Å². The molecule has 6 aromatic rings. The van der Waals surface area contributed by atoms with Crippen molar-refractivity contribution in [1.29, 1.82) is 0 Å². The Kier molecular flexibility index (Phi) is 4.44. The molecule has 5 aromatic carbocycles. The largest absolute Gasteiger partial charge is 0.237 e. The lowest BCUT2D eigenvalue weighted by molar-refractivity contribution is 1.11. The standard InChI is InChI=1S/C35H24N2/c1-2-9-23-15-17-25-21-26(20-24-16-14-22(8-1)31(23)32(24)25)33-27-10-3-5-12-29(27)34(35-36-18-7-19-37-35)30-13-6-4-11-28(30)33/h1,3,5,7-21H,2,4,6H2. The van der Waals surface area contributed by atoms with Crippen molar-refractivity contribution in [2.24, 2.45) is 0 Å². The van der Waals surface area contributed by atoms with Crippen LogP contribution in [0.15, 0.2) is 85.2 Å². The molecule has 0 amide bonds. The summed E-state index contributed by atoms with van der Waals surface area (Å²) in [6.45, 7) is 0. The zero-order chi connectivity index (χ0) is 24.3. The van der Waals surface area contributed by atoms with E-state index in [-0.39, 0.29) is 0 Å². The Balaban J connectivity index is 1.52. The number of rotatable bonds is 2. The smallest absolute Gasteiger partial charge is 0.160 e. The second-order valence-corrected chi connectivity index (χ2v) is 10.0. The second-order valence-electron chi connectivity index (χ2n) is 10.0. The van der Waals surface area contributed by atoms with Crippen LogP contribution in [0, 0.1) is 0 Å². The van der Waals surface area contributed by atoms with E-state index in [2.05, 4.69) is 101 Å². The summed E-state index contributed by atoms with van der Waals surface area (Å²) in [6.07, 6.45) is 18.4. The zero-order valence-corrected chi connectivity index (χ0v) is 20.4. The molecule has 1 heterocycles. The van der Waals surface area contributed by atoms with Gasteiger partial charge < -0.3 is 0 Å². The first-order valence-corrected chi connectivity index (χ1v) is 13.1. The molecule has 2 nitrogen and oxygen atoms in total. The molecule has 0 fully saturated rings. The summed E-state index contributed by atoms with van der Waals surface area (Å²) in [4.78, 5) is 9.33. The van der Waals surface area contributed by atoms with E-state index in [1.165, 1.54) is 64.7 Å². The molecule has 1 aromatic heterocycles. The van der Waals surface area contributed by atoms with Crippen LogP contribution in [0.4, 0.5) is 0 Å². The third-order valence-corrected chi connectivity index (χ3v) is 7.92. The Morgan fingerprint density at radius 1 is 0.622 bits per heavy atom. The van der Waals surface area contributed by atoms with Gasteiger partial charge in [-0.15, -0.1) is 0 Å². The van der Waals surface area contributed by atoms with Crippen molar-refractivity contribution in [3.63, 3.8) is 0 Å². The van der Waals surface area contributed by atoms with Crippen molar-refractivity contribution < 1.29 is 0 Å². The summed E-state index contributed by atoms with van der Waals surface area (Å²) < 4.78 is 0. The minimum atomic E-state index is 0.791. The van der Waals surface area contributed by atoms with Crippen molar-refractivity contribution in [2.75, 3.05) is 0 Å². The van der Waals surface area contributed by atoms with E-state index >= 15 is 0 Å². The lowest BCUT2D eigenvalue weighted by Crippen LogP contribution is -2.32. The molecule has 0 atom stereocenters. The van der Waals surface area contributed by atoms with Crippen LogP contribution in [0.3, 0.4) is 0 Å². The van der Waals surface area contributed by atoms with Crippen molar-refractivity contribution in [3.8, 4) is 22.5 Å². The second kappa shape index (κ2) is 7.97. The Hall–Kier alpha value is -4.56. The van der Waals surface area contributed by atoms with Gasteiger partial charge in [0.05, 0.1) is 0 Å². The van der Waals surface area contributed by atoms with Crippen LogP contribution in [-0.4, -0.2) is 9.97 Å². The van der Waals surface area contributed by atoms with E-state index in [9.17, 15) is 0 Å². The van der Waals surface area contributed by atoms with Crippen LogP contribution >= 0.6 is 0 Å². The molecule has 0 saturated heterocycles. The van der Waals surface area contributed by atoms with Crippen molar-refractivity contribution >= 4 is 56.6 Å². The molecule has 0 bridgehead atoms. The molecular weight excluding hydrogens is 448 g/mol. The lowest BCUT2D eigenvalue weighted by Gasteiger charge is -2.18. The molecule has 0 unspecified atom stereocenters. The van der Waals surface area contributed by atoms with Gasteiger partial charge in [0.1, 0.15) is 0 Å². The fraction of sp³-hybridized carbons (Fsp3) is 0.0857. The SMILES string of the molecule is C1=Cc2ccc3cc(-c4c5c(c(-c6ncccn6)c6ccccc46)=CCCC=5)cc4ccc(c2c34)=CC1. The molecule has 37 heavy (non-hydrogen) atoms.